The summed E-state index contributed by atoms with van der Waals surface area (Å²) in [4.78, 5) is 12.0. The molecule has 2 rings (SSSR count). The highest BCUT2D eigenvalue weighted by Gasteiger charge is 2.28. The molecule has 1 saturated carbocycles. The quantitative estimate of drug-likeness (QED) is 0.835. The van der Waals surface area contributed by atoms with Crippen molar-refractivity contribution in [2.75, 3.05) is 6.54 Å². The summed E-state index contributed by atoms with van der Waals surface area (Å²) in [6.45, 7) is 3.08. The van der Waals surface area contributed by atoms with E-state index >= 15 is 0 Å². The fourth-order valence-corrected chi connectivity index (χ4v) is 2.97. The number of carbonyl (C=O) groups is 1. The van der Waals surface area contributed by atoms with E-state index in [-0.39, 0.29) is 5.91 Å². The molecule has 0 aliphatic heterocycles. The number of amides is 1. The van der Waals surface area contributed by atoms with Crippen LogP contribution in [0.2, 0.25) is 0 Å². The van der Waals surface area contributed by atoms with E-state index in [1.807, 2.05) is 24.3 Å². The predicted molar refractivity (Wildman–Crippen MR) is 78.1 cm³/mol. The average Bonchev–Trinajstić information content (AvgIpc) is 2.74. The van der Waals surface area contributed by atoms with Gasteiger partial charge in [-0.3, -0.25) is 4.79 Å². The molecule has 1 aliphatic rings. The summed E-state index contributed by atoms with van der Waals surface area (Å²) in [5.74, 6) is 0.0524. The highest BCUT2D eigenvalue weighted by molar-refractivity contribution is 14.1. The fraction of sp³-hybridized carbons (Fsp3) is 0.500. The maximum atomic E-state index is 12.0. The first-order valence-electron chi connectivity index (χ1n) is 6.13. The minimum absolute atomic E-state index is 0.0524. The first-order valence-corrected chi connectivity index (χ1v) is 7.21. The third-order valence-corrected chi connectivity index (χ3v) is 4.24. The first-order chi connectivity index (χ1) is 8.09. The first kappa shape index (κ1) is 12.9. The summed E-state index contributed by atoms with van der Waals surface area (Å²) in [5, 5.41) is 3.07. The van der Waals surface area contributed by atoms with Crippen LogP contribution in [0.15, 0.2) is 24.3 Å². The number of carbonyl (C=O) groups excluding carboxylic acids is 1. The fourth-order valence-electron chi connectivity index (χ4n) is 2.43. The Hall–Kier alpha value is -0.580. The van der Waals surface area contributed by atoms with Crippen molar-refractivity contribution in [2.24, 2.45) is 5.41 Å². The summed E-state index contributed by atoms with van der Waals surface area (Å²) in [7, 11) is 0. The Morgan fingerprint density at radius 1 is 1.41 bits per heavy atom. The van der Waals surface area contributed by atoms with E-state index in [4.69, 9.17) is 0 Å². The second kappa shape index (κ2) is 5.38. The summed E-state index contributed by atoms with van der Waals surface area (Å²) in [5.41, 5.74) is 1.08. The van der Waals surface area contributed by atoms with Crippen LogP contribution in [0.3, 0.4) is 0 Å². The molecule has 0 heterocycles. The lowest BCUT2D eigenvalue weighted by Gasteiger charge is -2.23. The second-order valence-corrected chi connectivity index (χ2v) is 6.46. The van der Waals surface area contributed by atoms with Gasteiger partial charge in [-0.2, -0.15) is 0 Å². The topological polar surface area (TPSA) is 29.1 Å². The summed E-state index contributed by atoms with van der Waals surface area (Å²) >= 11 is 2.23. The molecule has 1 aliphatic carbocycles. The van der Waals surface area contributed by atoms with Gasteiger partial charge in [0, 0.05) is 15.7 Å². The Kier molecular flexibility index (Phi) is 4.07. The van der Waals surface area contributed by atoms with Crippen LogP contribution in [0.1, 0.15) is 43.0 Å². The number of hydrogen-bond donors (Lipinski definition) is 1. The monoisotopic (exact) mass is 343 g/mol. The van der Waals surface area contributed by atoms with Crippen molar-refractivity contribution >= 4 is 28.5 Å². The smallest absolute Gasteiger partial charge is 0.251 e. The molecule has 0 unspecified atom stereocenters. The molecular weight excluding hydrogens is 325 g/mol. The molecule has 1 N–H and O–H groups in total. The van der Waals surface area contributed by atoms with Gasteiger partial charge in [-0.05, 0) is 59.0 Å². The molecule has 3 heteroatoms. The Labute approximate surface area is 116 Å². The molecule has 0 aromatic heterocycles. The molecule has 1 aromatic carbocycles. The van der Waals surface area contributed by atoms with Gasteiger partial charge in [-0.15, -0.1) is 0 Å². The van der Waals surface area contributed by atoms with Crippen LogP contribution in [0, 0.1) is 8.99 Å². The van der Waals surface area contributed by atoms with Crippen molar-refractivity contribution in [2.45, 2.75) is 32.6 Å². The Balaban J connectivity index is 1.93. The number of nitrogens with one attached hydrogen (secondary N) is 1. The SMILES string of the molecule is CC1(CNC(=O)c2cccc(I)c2)CCCC1. The predicted octanol–water partition coefficient (Wildman–Crippen LogP) is 3.60. The number of benzene rings is 1. The van der Waals surface area contributed by atoms with Crippen LogP contribution in [-0.2, 0) is 0 Å². The molecular formula is C14H18INO. The van der Waals surface area contributed by atoms with Crippen LogP contribution in [0.4, 0.5) is 0 Å². The minimum atomic E-state index is 0.0524. The van der Waals surface area contributed by atoms with Crippen molar-refractivity contribution in [3.8, 4) is 0 Å². The van der Waals surface area contributed by atoms with E-state index in [0.29, 0.717) is 5.41 Å². The molecule has 0 atom stereocenters. The van der Waals surface area contributed by atoms with Crippen LogP contribution < -0.4 is 5.32 Å². The normalized spacial score (nSPS) is 18.0. The van der Waals surface area contributed by atoms with E-state index in [0.717, 1.165) is 15.7 Å². The van der Waals surface area contributed by atoms with Crippen molar-refractivity contribution < 1.29 is 4.79 Å². The lowest BCUT2D eigenvalue weighted by molar-refractivity contribution is 0.0934. The van der Waals surface area contributed by atoms with Crippen LogP contribution >= 0.6 is 22.6 Å². The third-order valence-electron chi connectivity index (χ3n) is 3.57. The molecule has 0 bridgehead atoms. The Bertz CT molecular complexity index is 410. The van der Waals surface area contributed by atoms with Gasteiger partial charge in [0.05, 0.1) is 0 Å². The Morgan fingerprint density at radius 2 is 2.12 bits per heavy atom. The number of halogens is 1. The standard InChI is InChI=1S/C14H18INO/c1-14(7-2-3-8-14)10-16-13(17)11-5-4-6-12(15)9-11/h4-6,9H,2-3,7-8,10H2,1H3,(H,16,17). The molecule has 1 fully saturated rings. The minimum Gasteiger partial charge on any atom is -0.351 e. The molecule has 1 amide bonds. The van der Waals surface area contributed by atoms with Gasteiger partial charge in [-0.1, -0.05) is 25.8 Å². The highest BCUT2D eigenvalue weighted by Crippen LogP contribution is 2.36. The van der Waals surface area contributed by atoms with E-state index < -0.39 is 0 Å². The van der Waals surface area contributed by atoms with E-state index in [1.165, 1.54) is 25.7 Å². The lowest BCUT2D eigenvalue weighted by Crippen LogP contribution is -2.34. The number of hydrogen-bond acceptors (Lipinski definition) is 1. The average molecular weight is 343 g/mol. The van der Waals surface area contributed by atoms with E-state index in [9.17, 15) is 4.79 Å². The summed E-state index contributed by atoms with van der Waals surface area (Å²) in [6, 6.07) is 7.71. The molecule has 0 spiro atoms. The van der Waals surface area contributed by atoms with Gasteiger partial charge < -0.3 is 5.32 Å². The number of rotatable bonds is 3. The zero-order chi connectivity index (χ0) is 12.3. The molecule has 17 heavy (non-hydrogen) atoms. The third kappa shape index (κ3) is 3.44. The lowest BCUT2D eigenvalue weighted by atomic mass is 9.89. The van der Waals surface area contributed by atoms with Crippen molar-refractivity contribution in [1.29, 1.82) is 0 Å². The van der Waals surface area contributed by atoms with E-state index in [2.05, 4.69) is 34.8 Å². The highest BCUT2D eigenvalue weighted by atomic mass is 127. The maximum Gasteiger partial charge on any atom is 0.251 e. The maximum absolute atomic E-state index is 12.0. The van der Waals surface area contributed by atoms with Crippen LogP contribution in [0.25, 0.3) is 0 Å². The van der Waals surface area contributed by atoms with Crippen LogP contribution in [0.5, 0.6) is 0 Å². The zero-order valence-electron chi connectivity index (χ0n) is 10.1. The van der Waals surface area contributed by atoms with Crippen molar-refractivity contribution in [3.63, 3.8) is 0 Å². The van der Waals surface area contributed by atoms with E-state index in [1.54, 1.807) is 0 Å². The van der Waals surface area contributed by atoms with Gasteiger partial charge in [0.2, 0.25) is 0 Å². The molecule has 0 saturated heterocycles. The van der Waals surface area contributed by atoms with Crippen molar-refractivity contribution in [3.05, 3.63) is 33.4 Å². The van der Waals surface area contributed by atoms with Gasteiger partial charge in [0.15, 0.2) is 0 Å². The molecule has 1 aromatic rings. The Morgan fingerprint density at radius 3 is 2.76 bits per heavy atom. The second-order valence-electron chi connectivity index (χ2n) is 5.21. The molecule has 92 valence electrons. The molecule has 2 nitrogen and oxygen atoms in total. The molecule has 0 radical (unpaired) electrons. The van der Waals surface area contributed by atoms with Gasteiger partial charge >= 0.3 is 0 Å². The van der Waals surface area contributed by atoms with Gasteiger partial charge in [0.1, 0.15) is 0 Å². The van der Waals surface area contributed by atoms with Crippen molar-refractivity contribution in [1.82, 2.24) is 5.32 Å². The summed E-state index contributed by atoms with van der Waals surface area (Å²) < 4.78 is 1.10. The van der Waals surface area contributed by atoms with Gasteiger partial charge in [0.25, 0.3) is 5.91 Å². The van der Waals surface area contributed by atoms with Crippen LogP contribution in [-0.4, -0.2) is 12.5 Å². The summed E-state index contributed by atoms with van der Waals surface area (Å²) in [6.07, 6.45) is 5.07. The zero-order valence-corrected chi connectivity index (χ0v) is 12.3. The largest absolute Gasteiger partial charge is 0.351 e. The van der Waals surface area contributed by atoms with Gasteiger partial charge in [-0.25, -0.2) is 0 Å².